The molecule has 2 heteroatoms. The molecule has 106 valence electrons. The van der Waals surface area contributed by atoms with Gasteiger partial charge in [0.15, 0.2) is 0 Å². The van der Waals surface area contributed by atoms with Crippen LogP contribution >= 0.6 is 0 Å². The van der Waals surface area contributed by atoms with Crippen molar-refractivity contribution < 1.29 is 0 Å². The molecule has 0 spiro atoms. The summed E-state index contributed by atoms with van der Waals surface area (Å²) in [6, 6.07) is 8.76. The molecule has 1 aromatic carbocycles. The van der Waals surface area contributed by atoms with Crippen molar-refractivity contribution in [2.75, 3.05) is 19.6 Å². The third-order valence-corrected chi connectivity index (χ3v) is 4.84. The van der Waals surface area contributed by atoms with Gasteiger partial charge in [-0.05, 0) is 55.4 Å². The van der Waals surface area contributed by atoms with Crippen molar-refractivity contribution in [2.45, 2.75) is 46.1 Å². The van der Waals surface area contributed by atoms with E-state index in [-0.39, 0.29) is 0 Å². The minimum absolute atomic E-state index is 0.577. The van der Waals surface area contributed by atoms with E-state index in [1.165, 1.54) is 43.5 Å². The SMILES string of the molecule is CCC1(C)CCN(Cc2ccccc2CCN)CC1. The van der Waals surface area contributed by atoms with Gasteiger partial charge in [0.25, 0.3) is 0 Å². The Morgan fingerprint density at radius 2 is 1.79 bits per heavy atom. The summed E-state index contributed by atoms with van der Waals surface area (Å²) in [4.78, 5) is 2.60. The molecule has 0 bridgehead atoms. The molecule has 1 aliphatic heterocycles. The quantitative estimate of drug-likeness (QED) is 0.881. The summed E-state index contributed by atoms with van der Waals surface area (Å²) in [5.74, 6) is 0. The van der Waals surface area contributed by atoms with Gasteiger partial charge in [0.05, 0.1) is 0 Å². The lowest BCUT2D eigenvalue weighted by Crippen LogP contribution is -2.38. The number of rotatable bonds is 5. The predicted octanol–water partition coefficient (Wildman–Crippen LogP) is 3.20. The van der Waals surface area contributed by atoms with Gasteiger partial charge < -0.3 is 5.73 Å². The third kappa shape index (κ3) is 3.80. The zero-order valence-corrected chi connectivity index (χ0v) is 12.5. The molecule has 0 amide bonds. The zero-order chi connectivity index (χ0) is 13.7. The Morgan fingerprint density at radius 1 is 1.16 bits per heavy atom. The fourth-order valence-electron chi connectivity index (χ4n) is 2.96. The molecule has 0 atom stereocenters. The predicted molar refractivity (Wildman–Crippen MR) is 82.1 cm³/mol. The second-order valence-corrected chi connectivity index (χ2v) is 6.25. The van der Waals surface area contributed by atoms with E-state index in [0.29, 0.717) is 5.41 Å². The van der Waals surface area contributed by atoms with E-state index < -0.39 is 0 Å². The molecule has 0 aliphatic carbocycles. The molecule has 1 aromatic rings. The fourth-order valence-corrected chi connectivity index (χ4v) is 2.96. The highest BCUT2D eigenvalue weighted by atomic mass is 15.1. The van der Waals surface area contributed by atoms with Crippen molar-refractivity contribution in [3.05, 3.63) is 35.4 Å². The molecule has 2 rings (SSSR count). The standard InChI is InChI=1S/C17H28N2/c1-3-17(2)9-12-19(13-10-17)14-16-7-5-4-6-15(16)8-11-18/h4-7H,3,8-14,18H2,1-2H3. The van der Waals surface area contributed by atoms with Gasteiger partial charge in [-0.1, -0.05) is 44.5 Å². The van der Waals surface area contributed by atoms with Crippen LogP contribution in [-0.2, 0) is 13.0 Å². The minimum atomic E-state index is 0.577. The van der Waals surface area contributed by atoms with Crippen LogP contribution in [-0.4, -0.2) is 24.5 Å². The highest BCUT2D eigenvalue weighted by Crippen LogP contribution is 2.34. The van der Waals surface area contributed by atoms with Gasteiger partial charge in [0.2, 0.25) is 0 Å². The van der Waals surface area contributed by atoms with E-state index >= 15 is 0 Å². The first-order valence-corrected chi connectivity index (χ1v) is 7.66. The monoisotopic (exact) mass is 260 g/mol. The number of nitrogens with zero attached hydrogens (tertiary/aromatic N) is 1. The number of piperidine rings is 1. The highest BCUT2D eigenvalue weighted by Gasteiger charge is 2.28. The molecular formula is C17H28N2. The lowest BCUT2D eigenvalue weighted by Gasteiger charge is -2.39. The molecule has 1 aliphatic rings. The van der Waals surface area contributed by atoms with E-state index in [2.05, 4.69) is 43.0 Å². The first-order chi connectivity index (χ1) is 9.17. The number of benzene rings is 1. The van der Waals surface area contributed by atoms with Crippen molar-refractivity contribution in [3.8, 4) is 0 Å². The average Bonchev–Trinajstić information content (AvgIpc) is 2.44. The van der Waals surface area contributed by atoms with E-state index in [1.54, 1.807) is 0 Å². The maximum Gasteiger partial charge on any atom is 0.0236 e. The van der Waals surface area contributed by atoms with Gasteiger partial charge in [-0.3, -0.25) is 4.90 Å². The number of likely N-dealkylation sites (tertiary alicyclic amines) is 1. The molecule has 0 saturated carbocycles. The van der Waals surface area contributed by atoms with Gasteiger partial charge in [-0.15, -0.1) is 0 Å². The summed E-state index contributed by atoms with van der Waals surface area (Å²) < 4.78 is 0. The molecule has 1 heterocycles. The van der Waals surface area contributed by atoms with Crippen LogP contribution in [0.3, 0.4) is 0 Å². The molecule has 19 heavy (non-hydrogen) atoms. The highest BCUT2D eigenvalue weighted by molar-refractivity contribution is 5.27. The van der Waals surface area contributed by atoms with Crippen LogP contribution in [0.5, 0.6) is 0 Å². The topological polar surface area (TPSA) is 29.3 Å². The van der Waals surface area contributed by atoms with Crippen LogP contribution in [0.25, 0.3) is 0 Å². The lowest BCUT2D eigenvalue weighted by molar-refractivity contribution is 0.109. The Labute approximate surface area is 118 Å². The Hall–Kier alpha value is -0.860. The molecule has 0 radical (unpaired) electrons. The van der Waals surface area contributed by atoms with Crippen LogP contribution in [0.15, 0.2) is 24.3 Å². The third-order valence-electron chi connectivity index (χ3n) is 4.84. The molecular weight excluding hydrogens is 232 g/mol. The second kappa shape index (κ2) is 6.53. The Bertz CT molecular complexity index is 392. The summed E-state index contributed by atoms with van der Waals surface area (Å²) in [5, 5.41) is 0. The van der Waals surface area contributed by atoms with Gasteiger partial charge in [0, 0.05) is 6.54 Å². The van der Waals surface area contributed by atoms with Gasteiger partial charge in [-0.2, -0.15) is 0 Å². The molecule has 2 nitrogen and oxygen atoms in total. The van der Waals surface area contributed by atoms with E-state index in [0.717, 1.165) is 19.5 Å². The average molecular weight is 260 g/mol. The first kappa shape index (κ1) is 14.5. The van der Waals surface area contributed by atoms with Crippen molar-refractivity contribution in [2.24, 2.45) is 11.1 Å². The van der Waals surface area contributed by atoms with Crippen LogP contribution in [0, 0.1) is 5.41 Å². The summed E-state index contributed by atoms with van der Waals surface area (Å²) in [5.41, 5.74) is 9.17. The van der Waals surface area contributed by atoms with Gasteiger partial charge in [0.1, 0.15) is 0 Å². The minimum Gasteiger partial charge on any atom is -0.330 e. The smallest absolute Gasteiger partial charge is 0.0236 e. The Morgan fingerprint density at radius 3 is 2.37 bits per heavy atom. The van der Waals surface area contributed by atoms with Crippen LogP contribution in [0.2, 0.25) is 0 Å². The molecule has 1 saturated heterocycles. The van der Waals surface area contributed by atoms with Crippen molar-refractivity contribution in [1.82, 2.24) is 4.90 Å². The Kier molecular flexibility index (Phi) is 5.00. The molecule has 2 N–H and O–H groups in total. The number of nitrogens with two attached hydrogens (primary N) is 1. The van der Waals surface area contributed by atoms with Gasteiger partial charge >= 0.3 is 0 Å². The molecule has 1 fully saturated rings. The van der Waals surface area contributed by atoms with Crippen LogP contribution in [0.4, 0.5) is 0 Å². The van der Waals surface area contributed by atoms with Crippen molar-refractivity contribution >= 4 is 0 Å². The lowest BCUT2D eigenvalue weighted by atomic mass is 9.78. The maximum atomic E-state index is 5.70. The Balaban J connectivity index is 1.95. The normalized spacial score (nSPS) is 19.5. The fraction of sp³-hybridized carbons (Fsp3) is 0.647. The summed E-state index contributed by atoms with van der Waals surface area (Å²) in [6.07, 6.45) is 4.98. The van der Waals surface area contributed by atoms with Crippen molar-refractivity contribution in [3.63, 3.8) is 0 Å². The maximum absolute atomic E-state index is 5.70. The van der Waals surface area contributed by atoms with Gasteiger partial charge in [-0.25, -0.2) is 0 Å². The van der Waals surface area contributed by atoms with E-state index in [1.807, 2.05) is 0 Å². The summed E-state index contributed by atoms with van der Waals surface area (Å²) in [6.45, 7) is 9.07. The van der Waals surface area contributed by atoms with E-state index in [4.69, 9.17) is 5.73 Å². The summed E-state index contributed by atoms with van der Waals surface area (Å²) >= 11 is 0. The zero-order valence-electron chi connectivity index (χ0n) is 12.5. The van der Waals surface area contributed by atoms with E-state index in [9.17, 15) is 0 Å². The van der Waals surface area contributed by atoms with Crippen LogP contribution in [0.1, 0.15) is 44.2 Å². The number of hydrogen-bond acceptors (Lipinski definition) is 2. The largest absolute Gasteiger partial charge is 0.330 e. The first-order valence-electron chi connectivity index (χ1n) is 7.66. The molecule has 0 aromatic heterocycles. The second-order valence-electron chi connectivity index (χ2n) is 6.25. The van der Waals surface area contributed by atoms with Crippen LogP contribution < -0.4 is 5.73 Å². The molecule has 0 unspecified atom stereocenters. The number of hydrogen-bond donors (Lipinski definition) is 1. The van der Waals surface area contributed by atoms with Crippen molar-refractivity contribution in [1.29, 1.82) is 0 Å². The summed E-state index contributed by atoms with van der Waals surface area (Å²) in [7, 11) is 0.